The highest BCUT2D eigenvalue weighted by Gasteiger charge is 2.30. The van der Waals surface area contributed by atoms with Crippen LogP contribution < -0.4 is 16.1 Å². The van der Waals surface area contributed by atoms with Crippen molar-refractivity contribution in [3.63, 3.8) is 0 Å². The first-order valence-corrected chi connectivity index (χ1v) is 11.3. The molecule has 0 aliphatic rings. The zero-order chi connectivity index (χ0) is 24.5. The molecule has 5 N–H and O–H groups in total. The van der Waals surface area contributed by atoms with Crippen molar-refractivity contribution in [2.24, 2.45) is 17.8 Å². The second-order valence-corrected chi connectivity index (χ2v) is 9.30. The van der Waals surface area contributed by atoms with Crippen molar-refractivity contribution < 1.29 is 24.7 Å². The number of carbonyl (C=O) groups is 3. The van der Waals surface area contributed by atoms with Crippen LogP contribution in [0.1, 0.15) is 47.0 Å². The number of hydroxylamine groups is 1. The van der Waals surface area contributed by atoms with Crippen LogP contribution >= 0.6 is 0 Å². The summed E-state index contributed by atoms with van der Waals surface area (Å²) in [6.45, 7) is 7.78. The van der Waals surface area contributed by atoms with E-state index in [4.69, 9.17) is 5.21 Å². The predicted molar refractivity (Wildman–Crippen MR) is 127 cm³/mol. The fraction of sp³-hybridized carbons (Fsp3) is 0.480. The minimum Gasteiger partial charge on any atom is -0.383 e. The summed E-state index contributed by atoms with van der Waals surface area (Å²) in [5, 5.41) is 26.5. The maximum atomic E-state index is 13.1. The van der Waals surface area contributed by atoms with Crippen molar-refractivity contribution in [2.45, 2.75) is 59.1 Å². The van der Waals surface area contributed by atoms with Gasteiger partial charge in [-0.1, -0.05) is 58.0 Å². The van der Waals surface area contributed by atoms with Gasteiger partial charge in [0.15, 0.2) is 0 Å². The molecule has 1 unspecified atom stereocenters. The van der Waals surface area contributed by atoms with Gasteiger partial charge in [-0.3, -0.25) is 19.6 Å². The number of benzene rings is 2. The molecule has 3 atom stereocenters. The van der Waals surface area contributed by atoms with E-state index in [1.807, 2.05) is 70.2 Å². The molecule has 0 radical (unpaired) electrons. The van der Waals surface area contributed by atoms with Crippen LogP contribution in [0.25, 0.3) is 10.8 Å². The molecule has 0 saturated carbocycles. The van der Waals surface area contributed by atoms with Crippen LogP contribution in [-0.2, 0) is 14.4 Å². The van der Waals surface area contributed by atoms with Gasteiger partial charge in [0.2, 0.25) is 11.8 Å². The smallest absolute Gasteiger partial charge is 0.272 e. The number of anilines is 1. The Morgan fingerprint density at radius 2 is 1.45 bits per heavy atom. The van der Waals surface area contributed by atoms with Crippen molar-refractivity contribution in [1.29, 1.82) is 0 Å². The van der Waals surface area contributed by atoms with Crippen LogP contribution in [0.3, 0.4) is 0 Å². The third-order valence-electron chi connectivity index (χ3n) is 5.40. The average Bonchev–Trinajstić information content (AvgIpc) is 2.76. The van der Waals surface area contributed by atoms with Gasteiger partial charge in [-0.25, -0.2) is 5.48 Å². The van der Waals surface area contributed by atoms with E-state index in [1.54, 1.807) is 0 Å². The molecule has 180 valence electrons. The highest BCUT2D eigenvalue weighted by atomic mass is 16.5. The molecule has 2 rings (SSSR count). The van der Waals surface area contributed by atoms with Gasteiger partial charge in [-0.05, 0) is 54.0 Å². The quantitative estimate of drug-likeness (QED) is 0.261. The Labute approximate surface area is 194 Å². The molecular weight excluding hydrogens is 422 g/mol. The largest absolute Gasteiger partial charge is 0.383 e. The molecule has 0 saturated heterocycles. The lowest BCUT2D eigenvalue weighted by Gasteiger charge is -2.25. The molecule has 2 aromatic rings. The maximum absolute atomic E-state index is 13.1. The molecule has 0 spiro atoms. The van der Waals surface area contributed by atoms with Gasteiger partial charge in [0.25, 0.3) is 5.91 Å². The SMILES string of the molecule is CC(C)CC(NC(=O)[C@H](CC(C)C)C[C@H](O)C(=O)NO)C(=O)Nc1ccc2ccccc2c1. The zero-order valence-corrected chi connectivity index (χ0v) is 19.7. The van der Waals surface area contributed by atoms with Crippen LogP contribution in [0, 0.1) is 17.8 Å². The van der Waals surface area contributed by atoms with Crippen molar-refractivity contribution in [3.8, 4) is 0 Å². The molecule has 0 bridgehead atoms. The molecule has 2 aromatic carbocycles. The number of aliphatic hydroxyl groups excluding tert-OH is 1. The number of aliphatic hydroxyl groups is 1. The first-order valence-electron chi connectivity index (χ1n) is 11.3. The van der Waals surface area contributed by atoms with Crippen molar-refractivity contribution in [1.82, 2.24) is 10.8 Å². The Morgan fingerprint density at radius 1 is 0.818 bits per heavy atom. The first kappa shape index (κ1) is 26.3. The summed E-state index contributed by atoms with van der Waals surface area (Å²) in [7, 11) is 0. The number of fused-ring (bicyclic) bond motifs is 1. The highest BCUT2D eigenvalue weighted by Crippen LogP contribution is 2.21. The Morgan fingerprint density at radius 3 is 2.06 bits per heavy atom. The topological polar surface area (TPSA) is 128 Å². The lowest BCUT2D eigenvalue weighted by Crippen LogP contribution is -2.48. The molecule has 0 fully saturated rings. The summed E-state index contributed by atoms with van der Waals surface area (Å²) >= 11 is 0. The fourth-order valence-electron chi connectivity index (χ4n) is 3.82. The van der Waals surface area contributed by atoms with Crippen LogP contribution in [0.5, 0.6) is 0 Å². The summed E-state index contributed by atoms with van der Waals surface area (Å²) in [5.74, 6) is -2.13. The summed E-state index contributed by atoms with van der Waals surface area (Å²) in [4.78, 5) is 37.6. The van der Waals surface area contributed by atoms with E-state index in [1.165, 1.54) is 5.48 Å². The van der Waals surface area contributed by atoms with E-state index in [0.717, 1.165) is 10.8 Å². The highest BCUT2D eigenvalue weighted by molar-refractivity contribution is 5.99. The number of carbonyl (C=O) groups excluding carboxylic acids is 3. The van der Waals surface area contributed by atoms with E-state index in [-0.39, 0.29) is 24.2 Å². The van der Waals surface area contributed by atoms with Crippen LogP contribution in [0.4, 0.5) is 5.69 Å². The molecular formula is C25H35N3O5. The lowest BCUT2D eigenvalue weighted by atomic mass is 9.90. The third-order valence-corrected chi connectivity index (χ3v) is 5.40. The molecule has 0 aliphatic carbocycles. The number of hydrogen-bond acceptors (Lipinski definition) is 5. The van der Waals surface area contributed by atoms with E-state index >= 15 is 0 Å². The summed E-state index contributed by atoms with van der Waals surface area (Å²) in [6, 6.07) is 12.7. The van der Waals surface area contributed by atoms with Crippen molar-refractivity contribution >= 4 is 34.2 Å². The predicted octanol–water partition coefficient (Wildman–Crippen LogP) is 3.23. The molecule has 0 aromatic heterocycles. The lowest BCUT2D eigenvalue weighted by molar-refractivity contribution is -0.140. The second kappa shape index (κ2) is 12.3. The summed E-state index contributed by atoms with van der Waals surface area (Å²) in [6.07, 6.45) is -0.835. The Balaban J connectivity index is 2.15. The monoisotopic (exact) mass is 457 g/mol. The van der Waals surface area contributed by atoms with Gasteiger partial charge in [-0.2, -0.15) is 0 Å². The maximum Gasteiger partial charge on any atom is 0.272 e. The van der Waals surface area contributed by atoms with E-state index in [0.29, 0.717) is 18.5 Å². The third kappa shape index (κ3) is 8.14. The Bertz CT molecular complexity index is 960. The van der Waals surface area contributed by atoms with E-state index in [9.17, 15) is 19.5 Å². The molecule has 8 heteroatoms. The van der Waals surface area contributed by atoms with Gasteiger partial charge in [0.1, 0.15) is 12.1 Å². The number of rotatable bonds is 11. The number of hydrogen-bond donors (Lipinski definition) is 5. The normalized spacial score (nSPS) is 14.1. The van der Waals surface area contributed by atoms with Gasteiger partial charge < -0.3 is 15.7 Å². The van der Waals surface area contributed by atoms with Gasteiger partial charge in [-0.15, -0.1) is 0 Å². The number of amides is 3. The van der Waals surface area contributed by atoms with Gasteiger partial charge in [0.05, 0.1) is 0 Å². The Kier molecular flexibility index (Phi) is 9.81. The standard InChI is InChI=1S/C25H35N3O5/c1-15(2)11-19(14-22(29)25(32)28-33)23(30)27-21(12-16(3)4)24(31)26-20-10-9-17-7-5-6-8-18(17)13-20/h5-10,13,15-16,19,21-22,29,33H,11-12,14H2,1-4H3,(H,26,31)(H,27,30)(H,28,32)/t19-,21?,22+/m1/s1. The molecule has 0 aliphatic heterocycles. The molecule has 33 heavy (non-hydrogen) atoms. The fourth-order valence-corrected chi connectivity index (χ4v) is 3.82. The van der Waals surface area contributed by atoms with Crippen molar-refractivity contribution in [3.05, 3.63) is 42.5 Å². The van der Waals surface area contributed by atoms with Crippen LogP contribution in [-0.4, -0.2) is 40.2 Å². The zero-order valence-electron chi connectivity index (χ0n) is 19.7. The first-order chi connectivity index (χ1) is 15.6. The van der Waals surface area contributed by atoms with Gasteiger partial charge >= 0.3 is 0 Å². The minimum absolute atomic E-state index is 0.125. The average molecular weight is 458 g/mol. The number of nitrogens with one attached hydrogen (secondary N) is 3. The van der Waals surface area contributed by atoms with Gasteiger partial charge in [0, 0.05) is 11.6 Å². The molecule has 0 heterocycles. The second-order valence-electron chi connectivity index (χ2n) is 9.30. The summed E-state index contributed by atoms with van der Waals surface area (Å²) < 4.78 is 0. The molecule has 8 nitrogen and oxygen atoms in total. The Hall–Kier alpha value is -2.97. The van der Waals surface area contributed by atoms with E-state index in [2.05, 4.69) is 10.6 Å². The molecule has 3 amide bonds. The van der Waals surface area contributed by atoms with Crippen LogP contribution in [0.15, 0.2) is 42.5 Å². The van der Waals surface area contributed by atoms with Crippen LogP contribution in [0.2, 0.25) is 0 Å². The van der Waals surface area contributed by atoms with E-state index < -0.39 is 29.9 Å². The van der Waals surface area contributed by atoms with Crippen molar-refractivity contribution in [2.75, 3.05) is 5.32 Å². The summed E-state index contributed by atoms with van der Waals surface area (Å²) in [5.41, 5.74) is 2.04. The minimum atomic E-state index is -1.53.